The first-order valence-electron chi connectivity index (χ1n) is 9.35. The van der Waals surface area contributed by atoms with Crippen LogP contribution >= 0.6 is 0 Å². The zero-order valence-electron chi connectivity index (χ0n) is 15.4. The van der Waals surface area contributed by atoms with Crippen LogP contribution in [-0.4, -0.2) is 41.1 Å². The van der Waals surface area contributed by atoms with Crippen molar-refractivity contribution in [2.45, 2.75) is 32.2 Å². The molecule has 0 radical (unpaired) electrons. The fraction of sp³-hybridized carbons (Fsp3) is 0.500. The topological polar surface area (TPSA) is 97.5 Å². The number of aryl methyl sites for hydroxylation is 1. The zero-order valence-corrected chi connectivity index (χ0v) is 15.4. The van der Waals surface area contributed by atoms with Crippen molar-refractivity contribution in [1.29, 1.82) is 0 Å². The Balaban J connectivity index is 1.59. The average molecular weight is 366 g/mol. The molecule has 140 valence electrons. The van der Waals surface area contributed by atoms with E-state index in [4.69, 9.17) is 9.97 Å². The summed E-state index contributed by atoms with van der Waals surface area (Å²) in [6, 6.07) is 3.80. The zero-order chi connectivity index (χ0) is 18.5. The molecule has 3 aromatic heterocycles. The summed E-state index contributed by atoms with van der Waals surface area (Å²) in [5, 5.41) is 11.2. The number of anilines is 1. The van der Waals surface area contributed by atoms with E-state index in [1.807, 2.05) is 25.3 Å². The molecule has 9 heteroatoms. The first-order valence-corrected chi connectivity index (χ1v) is 9.35. The van der Waals surface area contributed by atoms with Crippen LogP contribution in [0.4, 0.5) is 5.95 Å². The minimum absolute atomic E-state index is 0.00808. The summed E-state index contributed by atoms with van der Waals surface area (Å²) in [6.45, 7) is 2.82. The Kier molecular flexibility index (Phi) is 3.63. The highest BCUT2D eigenvalue weighted by atomic mass is 16.1. The van der Waals surface area contributed by atoms with Crippen LogP contribution in [0.2, 0.25) is 0 Å². The van der Waals surface area contributed by atoms with E-state index in [2.05, 4.69) is 20.2 Å². The Morgan fingerprint density at radius 3 is 2.74 bits per heavy atom. The van der Waals surface area contributed by atoms with Crippen molar-refractivity contribution in [3.63, 3.8) is 0 Å². The van der Waals surface area contributed by atoms with Crippen molar-refractivity contribution >= 4 is 5.95 Å². The third-order valence-electron chi connectivity index (χ3n) is 5.68. The van der Waals surface area contributed by atoms with Crippen LogP contribution in [0, 0.1) is 18.8 Å². The number of aromatic nitrogens is 7. The molecule has 1 N–H and O–H groups in total. The lowest BCUT2D eigenvalue weighted by molar-refractivity contribution is 0.404. The molecule has 2 atom stereocenters. The summed E-state index contributed by atoms with van der Waals surface area (Å²) in [4.78, 5) is 23.7. The van der Waals surface area contributed by atoms with E-state index < -0.39 is 0 Å². The highest BCUT2D eigenvalue weighted by molar-refractivity contribution is 5.41. The van der Waals surface area contributed by atoms with Gasteiger partial charge in [-0.25, -0.2) is 19.6 Å². The van der Waals surface area contributed by atoms with Gasteiger partial charge in [-0.1, -0.05) is 0 Å². The van der Waals surface area contributed by atoms with Gasteiger partial charge in [0, 0.05) is 37.7 Å². The molecule has 5 rings (SSSR count). The third-order valence-corrected chi connectivity index (χ3v) is 5.68. The Morgan fingerprint density at radius 1 is 1.22 bits per heavy atom. The first kappa shape index (κ1) is 16.2. The summed E-state index contributed by atoms with van der Waals surface area (Å²) >= 11 is 0. The third kappa shape index (κ3) is 2.73. The monoisotopic (exact) mass is 366 g/mol. The number of nitrogens with one attached hydrogen (secondary N) is 1. The fourth-order valence-corrected chi connectivity index (χ4v) is 4.20. The number of aromatic amines is 1. The number of rotatable bonds is 4. The van der Waals surface area contributed by atoms with Gasteiger partial charge in [0.05, 0.1) is 6.04 Å². The molecular weight excluding hydrogens is 344 g/mol. The van der Waals surface area contributed by atoms with Gasteiger partial charge in [0.2, 0.25) is 5.95 Å². The molecule has 0 spiro atoms. The molecule has 2 unspecified atom stereocenters. The summed E-state index contributed by atoms with van der Waals surface area (Å²) < 4.78 is 3.36. The molecule has 2 aliphatic rings. The van der Waals surface area contributed by atoms with Crippen LogP contribution in [0.3, 0.4) is 0 Å². The summed E-state index contributed by atoms with van der Waals surface area (Å²) in [5.74, 6) is 3.34. The van der Waals surface area contributed by atoms with Gasteiger partial charge >= 0.3 is 5.69 Å². The van der Waals surface area contributed by atoms with Crippen molar-refractivity contribution in [3.8, 4) is 5.82 Å². The van der Waals surface area contributed by atoms with Crippen LogP contribution < -0.4 is 10.6 Å². The van der Waals surface area contributed by atoms with Crippen LogP contribution in [0.1, 0.15) is 36.8 Å². The lowest BCUT2D eigenvalue weighted by Gasteiger charge is -2.27. The summed E-state index contributed by atoms with van der Waals surface area (Å²) in [6.07, 6.45) is 7.17. The van der Waals surface area contributed by atoms with Crippen molar-refractivity contribution < 1.29 is 0 Å². The molecule has 1 saturated carbocycles. The highest BCUT2D eigenvalue weighted by Gasteiger charge is 2.46. The van der Waals surface area contributed by atoms with Gasteiger partial charge in [-0.2, -0.15) is 15.2 Å². The fourth-order valence-electron chi connectivity index (χ4n) is 4.20. The molecule has 3 aromatic rings. The van der Waals surface area contributed by atoms with E-state index in [0.717, 1.165) is 30.3 Å². The second kappa shape index (κ2) is 6.04. The van der Waals surface area contributed by atoms with E-state index in [9.17, 15) is 4.79 Å². The number of hydrogen-bond donors (Lipinski definition) is 1. The molecule has 0 amide bonds. The van der Waals surface area contributed by atoms with E-state index >= 15 is 0 Å². The molecule has 1 saturated heterocycles. The van der Waals surface area contributed by atoms with E-state index in [0.29, 0.717) is 17.8 Å². The SMILES string of the molecule is Cc1cc(-n2cccn2)nc(N2CCC(C3CC3)C2c2n[nH]c(=O)n2C)n1. The minimum atomic E-state index is -0.186. The second-order valence-electron chi connectivity index (χ2n) is 7.49. The van der Waals surface area contributed by atoms with Crippen molar-refractivity contribution in [3.05, 3.63) is 46.5 Å². The molecule has 2 fully saturated rings. The summed E-state index contributed by atoms with van der Waals surface area (Å²) in [5.41, 5.74) is 0.698. The highest BCUT2D eigenvalue weighted by Crippen LogP contribution is 2.50. The smallest absolute Gasteiger partial charge is 0.330 e. The molecule has 1 aliphatic heterocycles. The minimum Gasteiger partial charge on any atom is -0.330 e. The van der Waals surface area contributed by atoms with Crippen molar-refractivity contribution in [2.24, 2.45) is 18.9 Å². The average Bonchev–Trinajstić information content (AvgIpc) is 3.07. The Labute approximate surface area is 156 Å². The van der Waals surface area contributed by atoms with E-state index in [1.54, 1.807) is 22.5 Å². The molecule has 27 heavy (non-hydrogen) atoms. The predicted octanol–water partition coefficient (Wildman–Crippen LogP) is 1.37. The van der Waals surface area contributed by atoms with Crippen LogP contribution in [0.15, 0.2) is 29.3 Å². The van der Waals surface area contributed by atoms with Gasteiger partial charge in [0.1, 0.15) is 0 Å². The molecule has 9 nitrogen and oxygen atoms in total. The molecule has 0 aromatic carbocycles. The Hall–Kier alpha value is -2.97. The van der Waals surface area contributed by atoms with Gasteiger partial charge in [-0.15, -0.1) is 0 Å². The van der Waals surface area contributed by atoms with E-state index in [1.165, 1.54) is 12.8 Å². The first-order chi connectivity index (χ1) is 13.1. The van der Waals surface area contributed by atoms with Crippen LogP contribution in [0.5, 0.6) is 0 Å². The van der Waals surface area contributed by atoms with Gasteiger partial charge in [0.15, 0.2) is 11.6 Å². The van der Waals surface area contributed by atoms with Gasteiger partial charge in [0.25, 0.3) is 0 Å². The van der Waals surface area contributed by atoms with Crippen molar-refractivity contribution in [1.82, 2.24) is 34.5 Å². The second-order valence-corrected chi connectivity index (χ2v) is 7.49. The number of nitrogens with zero attached hydrogens (tertiary/aromatic N) is 7. The normalized spacial score (nSPS) is 22.5. The summed E-state index contributed by atoms with van der Waals surface area (Å²) in [7, 11) is 1.77. The molecular formula is C18H22N8O. The lowest BCUT2D eigenvalue weighted by Crippen LogP contribution is -2.31. The number of hydrogen-bond acceptors (Lipinski definition) is 6. The van der Waals surface area contributed by atoms with Gasteiger partial charge in [-0.3, -0.25) is 4.57 Å². The van der Waals surface area contributed by atoms with Crippen LogP contribution in [-0.2, 0) is 7.05 Å². The van der Waals surface area contributed by atoms with Crippen LogP contribution in [0.25, 0.3) is 5.82 Å². The van der Waals surface area contributed by atoms with Gasteiger partial charge in [-0.05, 0) is 44.1 Å². The largest absolute Gasteiger partial charge is 0.343 e. The maximum absolute atomic E-state index is 12.0. The van der Waals surface area contributed by atoms with E-state index in [-0.39, 0.29) is 11.7 Å². The quantitative estimate of drug-likeness (QED) is 0.749. The lowest BCUT2D eigenvalue weighted by atomic mass is 9.94. The maximum atomic E-state index is 12.0. The molecule has 4 heterocycles. The van der Waals surface area contributed by atoms with Gasteiger partial charge < -0.3 is 4.90 Å². The Morgan fingerprint density at radius 2 is 2.07 bits per heavy atom. The molecule has 0 bridgehead atoms. The Bertz CT molecular complexity index is 1020. The molecule has 1 aliphatic carbocycles. The number of H-pyrrole nitrogens is 1. The van der Waals surface area contributed by atoms with Crippen molar-refractivity contribution in [2.75, 3.05) is 11.4 Å². The standard InChI is InChI=1S/C18H22N8O/c1-11-10-14(26-8-3-7-19-26)21-17(20-11)25-9-6-13(12-4-5-12)15(25)16-22-23-18(27)24(16)2/h3,7-8,10,12-13,15H,4-6,9H2,1-2H3,(H,23,27). The predicted molar refractivity (Wildman–Crippen MR) is 98.6 cm³/mol. The maximum Gasteiger partial charge on any atom is 0.343 e.